The third-order valence-corrected chi connectivity index (χ3v) is 3.37. The predicted molar refractivity (Wildman–Crippen MR) is 83.7 cm³/mol. The Balaban J connectivity index is 1.70. The van der Waals surface area contributed by atoms with E-state index in [1.165, 1.54) is 24.4 Å². The fraction of sp³-hybridized carbons (Fsp3) is 0.0625. The number of nitrogens with one attached hydrogen (secondary N) is 2. The lowest BCUT2D eigenvalue weighted by Crippen LogP contribution is -2.23. The van der Waals surface area contributed by atoms with Gasteiger partial charge in [-0.1, -0.05) is 30.3 Å². The Morgan fingerprint density at radius 3 is 2.74 bits per heavy atom. The summed E-state index contributed by atoms with van der Waals surface area (Å²) in [4.78, 5) is 30.5. The Kier molecular flexibility index (Phi) is 4.03. The molecule has 1 amide bonds. The van der Waals surface area contributed by atoms with Crippen LogP contribution < -0.4 is 5.48 Å². The monoisotopic (exact) mass is 311 g/mol. The summed E-state index contributed by atoms with van der Waals surface area (Å²) in [5, 5.41) is 11.3. The van der Waals surface area contributed by atoms with Crippen molar-refractivity contribution in [2.75, 3.05) is 0 Å². The molecule has 0 saturated heterocycles. The van der Waals surface area contributed by atoms with Gasteiger partial charge in [-0.05, 0) is 11.6 Å². The van der Waals surface area contributed by atoms with Gasteiger partial charge in [0.1, 0.15) is 0 Å². The average molecular weight is 311 g/mol. The molecule has 3 rings (SSSR count). The van der Waals surface area contributed by atoms with E-state index in [4.69, 9.17) is 4.84 Å². The molecular formula is C16H13N3O4. The van der Waals surface area contributed by atoms with Crippen molar-refractivity contribution in [3.8, 4) is 0 Å². The van der Waals surface area contributed by atoms with Crippen molar-refractivity contribution in [3.05, 3.63) is 76.0 Å². The molecule has 3 aromatic rings. The summed E-state index contributed by atoms with van der Waals surface area (Å²) in [6.07, 6.45) is 1.50. The largest absolute Gasteiger partial charge is 0.360 e. The molecule has 0 spiro atoms. The summed E-state index contributed by atoms with van der Waals surface area (Å²) in [6.45, 7) is 0.250. The van der Waals surface area contributed by atoms with E-state index in [-0.39, 0.29) is 12.3 Å². The number of non-ortho nitro benzene ring substituents is 1. The van der Waals surface area contributed by atoms with E-state index in [1.54, 1.807) is 0 Å². The number of benzene rings is 2. The van der Waals surface area contributed by atoms with E-state index in [0.717, 1.165) is 5.56 Å². The Morgan fingerprint density at radius 2 is 2.00 bits per heavy atom. The lowest BCUT2D eigenvalue weighted by atomic mass is 10.1. The summed E-state index contributed by atoms with van der Waals surface area (Å²) >= 11 is 0. The van der Waals surface area contributed by atoms with Crippen molar-refractivity contribution >= 4 is 22.5 Å². The number of hydrogen-bond acceptors (Lipinski definition) is 4. The number of aromatic amines is 1. The zero-order chi connectivity index (χ0) is 16.2. The van der Waals surface area contributed by atoms with Crippen molar-refractivity contribution in [2.45, 2.75) is 6.61 Å². The van der Waals surface area contributed by atoms with E-state index in [0.29, 0.717) is 16.5 Å². The van der Waals surface area contributed by atoms with Crippen LogP contribution >= 0.6 is 0 Å². The first-order valence-electron chi connectivity index (χ1n) is 6.87. The first-order chi connectivity index (χ1) is 11.1. The molecule has 23 heavy (non-hydrogen) atoms. The number of carbonyl (C=O) groups excluding carboxylic acids is 1. The van der Waals surface area contributed by atoms with E-state index in [1.807, 2.05) is 30.3 Å². The smallest absolute Gasteiger partial charge is 0.277 e. The van der Waals surface area contributed by atoms with Gasteiger partial charge in [-0.25, -0.2) is 5.48 Å². The van der Waals surface area contributed by atoms with Crippen LogP contribution in [-0.4, -0.2) is 15.8 Å². The van der Waals surface area contributed by atoms with Gasteiger partial charge in [0.25, 0.3) is 11.6 Å². The summed E-state index contributed by atoms with van der Waals surface area (Å²) < 4.78 is 0. The molecule has 0 aliphatic carbocycles. The van der Waals surface area contributed by atoms with E-state index in [9.17, 15) is 14.9 Å². The van der Waals surface area contributed by atoms with Crippen LogP contribution in [0, 0.1) is 10.1 Å². The van der Waals surface area contributed by atoms with E-state index in [2.05, 4.69) is 10.5 Å². The molecule has 1 heterocycles. The second kappa shape index (κ2) is 6.29. The molecule has 0 bridgehead atoms. The van der Waals surface area contributed by atoms with Crippen LogP contribution in [-0.2, 0) is 11.4 Å². The number of hydroxylamine groups is 1. The standard InChI is InChI=1S/C16H13N3O4/c20-16(18-23-10-11-4-2-1-3-5-11)14-9-17-15-8-12(19(21)22)6-7-13(14)15/h1-9,17H,10H2,(H,18,20). The molecule has 0 radical (unpaired) electrons. The number of hydrogen-bond donors (Lipinski definition) is 2. The van der Waals surface area contributed by atoms with Crippen LogP contribution in [0.25, 0.3) is 10.9 Å². The van der Waals surface area contributed by atoms with Crippen LogP contribution in [0.3, 0.4) is 0 Å². The number of H-pyrrole nitrogens is 1. The maximum atomic E-state index is 12.1. The molecule has 2 aromatic carbocycles. The molecule has 0 aliphatic heterocycles. The molecule has 0 atom stereocenters. The minimum atomic E-state index is -0.483. The predicted octanol–water partition coefficient (Wildman–Crippen LogP) is 2.94. The molecule has 2 N–H and O–H groups in total. The van der Waals surface area contributed by atoms with Crippen LogP contribution in [0.4, 0.5) is 5.69 Å². The lowest BCUT2D eigenvalue weighted by Gasteiger charge is -2.05. The van der Waals surface area contributed by atoms with Gasteiger partial charge in [-0.2, -0.15) is 0 Å². The molecule has 116 valence electrons. The highest BCUT2D eigenvalue weighted by atomic mass is 16.7. The number of fused-ring (bicyclic) bond motifs is 1. The van der Waals surface area contributed by atoms with Crippen LogP contribution in [0.5, 0.6) is 0 Å². The average Bonchev–Trinajstić information content (AvgIpc) is 2.99. The first kappa shape index (κ1) is 14.7. The number of carbonyl (C=O) groups is 1. The number of nitro groups is 1. The van der Waals surface area contributed by atoms with Gasteiger partial charge in [0, 0.05) is 23.7 Å². The van der Waals surface area contributed by atoms with Gasteiger partial charge >= 0.3 is 0 Å². The molecule has 7 heteroatoms. The van der Waals surface area contributed by atoms with Gasteiger partial charge < -0.3 is 4.98 Å². The quantitative estimate of drug-likeness (QED) is 0.559. The normalized spacial score (nSPS) is 10.6. The minimum absolute atomic E-state index is 0.0355. The number of aromatic nitrogens is 1. The van der Waals surface area contributed by atoms with Crippen LogP contribution in [0.1, 0.15) is 15.9 Å². The highest BCUT2D eigenvalue weighted by molar-refractivity contribution is 6.06. The zero-order valence-corrected chi connectivity index (χ0v) is 12.0. The first-order valence-corrected chi connectivity index (χ1v) is 6.87. The zero-order valence-electron chi connectivity index (χ0n) is 12.0. The summed E-state index contributed by atoms with van der Waals surface area (Å²) in [5.74, 6) is -0.416. The highest BCUT2D eigenvalue weighted by Gasteiger charge is 2.15. The van der Waals surface area contributed by atoms with Crippen molar-refractivity contribution < 1.29 is 14.6 Å². The number of nitro benzene ring substituents is 1. The lowest BCUT2D eigenvalue weighted by molar-refractivity contribution is -0.384. The Bertz CT molecular complexity index is 858. The maximum absolute atomic E-state index is 12.1. The van der Waals surface area contributed by atoms with Gasteiger partial charge in [-0.15, -0.1) is 0 Å². The third-order valence-electron chi connectivity index (χ3n) is 3.37. The van der Waals surface area contributed by atoms with Crippen molar-refractivity contribution in [1.29, 1.82) is 0 Å². The highest BCUT2D eigenvalue weighted by Crippen LogP contribution is 2.23. The maximum Gasteiger partial charge on any atom is 0.277 e. The van der Waals surface area contributed by atoms with Crippen LogP contribution in [0.2, 0.25) is 0 Å². The van der Waals surface area contributed by atoms with Crippen molar-refractivity contribution in [2.24, 2.45) is 0 Å². The second-order valence-corrected chi connectivity index (χ2v) is 4.89. The van der Waals surface area contributed by atoms with Crippen molar-refractivity contribution in [1.82, 2.24) is 10.5 Å². The Labute approximate surface area is 131 Å². The fourth-order valence-corrected chi connectivity index (χ4v) is 2.23. The van der Waals surface area contributed by atoms with Gasteiger partial charge in [0.15, 0.2) is 0 Å². The Morgan fingerprint density at radius 1 is 1.22 bits per heavy atom. The van der Waals surface area contributed by atoms with Gasteiger partial charge in [0.05, 0.1) is 22.6 Å². The summed E-state index contributed by atoms with van der Waals surface area (Å²) in [5.41, 5.74) is 4.15. The number of rotatable bonds is 5. The molecule has 1 aromatic heterocycles. The minimum Gasteiger partial charge on any atom is -0.360 e. The third kappa shape index (κ3) is 3.19. The van der Waals surface area contributed by atoms with E-state index >= 15 is 0 Å². The van der Waals surface area contributed by atoms with Crippen molar-refractivity contribution in [3.63, 3.8) is 0 Å². The molecule has 0 aliphatic rings. The van der Waals surface area contributed by atoms with Crippen LogP contribution in [0.15, 0.2) is 54.7 Å². The molecule has 7 nitrogen and oxygen atoms in total. The second-order valence-electron chi connectivity index (χ2n) is 4.89. The molecule has 0 unspecified atom stereocenters. The summed E-state index contributed by atoms with van der Waals surface area (Å²) in [7, 11) is 0. The van der Waals surface area contributed by atoms with Gasteiger partial charge in [0.2, 0.25) is 0 Å². The fourth-order valence-electron chi connectivity index (χ4n) is 2.23. The number of nitrogens with zero attached hydrogens (tertiary/aromatic N) is 1. The van der Waals surface area contributed by atoms with E-state index < -0.39 is 10.8 Å². The topological polar surface area (TPSA) is 97.3 Å². The SMILES string of the molecule is O=C(NOCc1ccccc1)c1c[nH]c2cc([N+](=O)[O-])ccc12. The number of amides is 1. The Hall–Kier alpha value is -3.19. The molecule has 0 fully saturated rings. The summed E-state index contributed by atoms with van der Waals surface area (Å²) in [6, 6.07) is 13.7. The molecule has 0 saturated carbocycles. The molecular weight excluding hydrogens is 298 g/mol. The van der Waals surface area contributed by atoms with Gasteiger partial charge in [-0.3, -0.25) is 19.7 Å².